The van der Waals surface area contributed by atoms with Crippen LogP contribution in [0, 0.1) is 0 Å². The number of anilines is 1. The zero-order valence-corrected chi connectivity index (χ0v) is 10.7. The molecule has 0 fully saturated rings. The Hall–Kier alpha value is -1.62. The summed E-state index contributed by atoms with van der Waals surface area (Å²) in [6, 6.07) is 4.01. The van der Waals surface area contributed by atoms with Crippen molar-refractivity contribution in [1.82, 2.24) is 15.6 Å². The van der Waals surface area contributed by atoms with Crippen LogP contribution in [0.3, 0.4) is 0 Å². The van der Waals surface area contributed by atoms with E-state index in [0.29, 0.717) is 13.0 Å². The third-order valence-corrected chi connectivity index (χ3v) is 2.53. The van der Waals surface area contributed by atoms with Gasteiger partial charge >= 0.3 is 0 Å². The lowest BCUT2D eigenvalue weighted by Crippen LogP contribution is -2.26. The molecule has 2 N–H and O–H groups in total. The van der Waals surface area contributed by atoms with Crippen LogP contribution in [-0.4, -0.2) is 38.6 Å². The lowest BCUT2D eigenvalue weighted by molar-refractivity contribution is -0.120. The summed E-state index contributed by atoms with van der Waals surface area (Å²) in [5.41, 5.74) is 1.15. The number of pyridine rings is 1. The van der Waals surface area contributed by atoms with Crippen molar-refractivity contribution in [2.24, 2.45) is 0 Å². The minimum atomic E-state index is 0.0450. The van der Waals surface area contributed by atoms with Gasteiger partial charge in [-0.05, 0) is 18.7 Å². The Morgan fingerprint density at radius 1 is 1.41 bits per heavy atom. The molecule has 0 unspecified atom stereocenters. The smallest absolute Gasteiger partial charge is 0.221 e. The summed E-state index contributed by atoms with van der Waals surface area (Å²) >= 11 is 0. The van der Waals surface area contributed by atoms with Crippen molar-refractivity contribution >= 4 is 11.7 Å². The summed E-state index contributed by atoms with van der Waals surface area (Å²) < 4.78 is 0. The van der Waals surface area contributed by atoms with Gasteiger partial charge in [-0.25, -0.2) is 4.98 Å². The third-order valence-electron chi connectivity index (χ3n) is 2.53. The van der Waals surface area contributed by atoms with Crippen LogP contribution in [0.5, 0.6) is 0 Å². The van der Waals surface area contributed by atoms with Gasteiger partial charge in [-0.1, -0.05) is 6.07 Å². The highest BCUT2D eigenvalue weighted by atomic mass is 16.1. The standard InChI is InChI=1S/C12H20N4O/c1-13-8-10-4-5-11(15-9-10)16(3)7-6-12(17)14-2/h4-5,9,13H,6-8H2,1-3H3,(H,14,17). The summed E-state index contributed by atoms with van der Waals surface area (Å²) in [6.45, 7) is 1.48. The molecule has 94 valence electrons. The van der Waals surface area contributed by atoms with E-state index in [0.717, 1.165) is 17.9 Å². The van der Waals surface area contributed by atoms with Gasteiger partial charge in [-0.3, -0.25) is 4.79 Å². The van der Waals surface area contributed by atoms with Gasteiger partial charge in [0.2, 0.25) is 5.91 Å². The van der Waals surface area contributed by atoms with Crippen molar-refractivity contribution in [2.45, 2.75) is 13.0 Å². The van der Waals surface area contributed by atoms with Crippen LogP contribution >= 0.6 is 0 Å². The first-order valence-corrected chi connectivity index (χ1v) is 5.68. The van der Waals surface area contributed by atoms with E-state index in [2.05, 4.69) is 15.6 Å². The molecule has 0 saturated carbocycles. The van der Waals surface area contributed by atoms with Crippen molar-refractivity contribution in [2.75, 3.05) is 32.6 Å². The number of hydrogen-bond acceptors (Lipinski definition) is 4. The van der Waals surface area contributed by atoms with Gasteiger partial charge in [0.25, 0.3) is 0 Å². The molecule has 0 aromatic carbocycles. The van der Waals surface area contributed by atoms with Gasteiger partial charge in [0.05, 0.1) is 0 Å². The first-order chi connectivity index (χ1) is 8.17. The monoisotopic (exact) mass is 236 g/mol. The number of nitrogens with one attached hydrogen (secondary N) is 2. The molecule has 1 aromatic heterocycles. The van der Waals surface area contributed by atoms with Crippen molar-refractivity contribution in [3.8, 4) is 0 Å². The minimum Gasteiger partial charge on any atom is -0.359 e. The second-order valence-corrected chi connectivity index (χ2v) is 3.90. The van der Waals surface area contributed by atoms with Crippen LogP contribution in [0.15, 0.2) is 18.3 Å². The number of carbonyl (C=O) groups is 1. The van der Waals surface area contributed by atoms with Gasteiger partial charge in [0.15, 0.2) is 0 Å². The molecule has 17 heavy (non-hydrogen) atoms. The van der Waals surface area contributed by atoms with E-state index < -0.39 is 0 Å². The molecule has 0 spiro atoms. The maximum atomic E-state index is 11.1. The normalized spacial score (nSPS) is 10.1. The zero-order chi connectivity index (χ0) is 12.7. The van der Waals surface area contributed by atoms with E-state index in [-0.39, 0.29) is 5.91 Å². The molecule has 5 heteroatoms. The Morgan fingerprint density at radius 3 is 2.71 bits per heavy atom. The molecule has 5 nitrogen and oxygen atoms in total. The Morgan fingerprint density at radius 2 is 2.18 bits per heavy atom. The molecule has 0 bridgehead atoms. The Bertz CT molecular complexity index is 350. The average molecular weight is 236 g/mol. The molecule has 0 aliphatic heterocycles. The van der Waals surface area contributed by atoms with Crippen LogP contribution in [0.2, 0.25) is 0 Å². The second-order valence-electron chi connectivity index (χ2n) is 3.90. The molecule has 0 atom stereocenters. The highest BCUT2D eigenvalue weighted by Crippen LogP contribution is 2.09. The fourth-order valence-electron chi connectivity index (χ4n) is 1.46. The molecule has 0 aliphatic carbocycles. The summed E-state index contributed by atoms with van der Waals surface area (Å²) in [6.07, 6.45) is 2.33. The fourth-order valence-corrected chi connectivity index (χ4v) is 1.46. The molecular weight excluding hydrogens is 216 g/mol. The number of hydrogen-bond donors (Lipinski definition) is 2. The van der Waals surface area contributed by atoms with Crippen LogP contribution in [-0.2, 0) is 11.3 Å². The minimum absolute atomic E-state index is 0.0450. The number of amides is 1. The fraction of sp³-hybridized carbons (Fsp3) is 0.500. The Labute approximate surface area is 102 Å². The van der Waals surface area contributed by atoms with E-state index >= 15 is 0 Å². The van der Waals surface area contributed by atoms with Crippen molar-refractivity contribution < 1.29 is 4.79 Å². The first-order valence-electron chi connectivity index (χ1n) is 5.68. The largest absolute Gasteiger partial charge is 0.359 e. The lowest BCUT2D eigenvalue weighted by Gasteiger charge is -2.17. The SMILES string of the molecule is CNCc1ccc(N(C)CCC(=O)NC)nc1. The molecular formula is C12H20N4O. The van der Waals surface area contributed by atoms with Gasteiger partial charge in [0, 0.05) is 39.8 Å². The van der Waals surface area contributed by atoms with Gasteiger partial charge in [0.1, 0.15) is 5.82 Å². The molecule has 0 radical (unpaired) electrons. The molecule has 1 heterocycles. The molecule has 1 rings (SSSR count). The highest BCUT2D eigenvalue weighted by Gasteiger charge is 2.05. The Kier molecular flexibility index (Phi) is 5.42. The predicted octanol–water partition coefficient (Wildman–Crippen LogP) is 0.373. The maximum absolute atomic E-state index is 11.1. The van der Waals surface area contributed by atoms with Crippen molar-refractivity contribution in [3.05, 3.63) is 23.9 Å². The highest BCUT2D eigenvalue weighted by molar-refractivity contribution is 5.76. The maximum Gasteiger partial charge on any atom is 0.221 e. The first kappa shape index (κ1) is 13.4. The zero-order valence-electron chi connectivity index (χ0n) is 10.7. The van der Waals surface area contributed by atoms with E-state index in [9.17, 15) is 4.79 Å². The summed E-state index contributed by atoms with van der Waals surface area (Å²) in [7, 11) is 5.49. The molecule has 0 saturated heterocycles. The second kappa shape index (κ2) is 6.85. The lowest BCUT2D eigenvalue weighted by atomic mass is 10.2. The Balaban J connectivity index is 2.51. The number of rotatable bonds is 6. The van der Waals surface area contributed by atoms with Crippen LogP contribution in [0.4, 0.5) is 5.82 Å². The van der Waals surface area contributed by atoms with Crippen LogP contribution < -0.4 is 15.5 Å². The van der Waals surface area contributed by atoms with Crippen LogP contribution in [0.1, 0.15) is 12.0 Å². The third kappa shape index (κ3) is 4.40. The molecule has 0 aliphatic rings. The van der Waals surface area contributed by atoms with E-state index in [1.807, 2.05) is 37.3 Å². The average Bonchev–Trinajstić information content (AvgIpc) is 2.36. The van der Waals surface area contributed by atoms with Gasteiger partial charge in [-0.15, -0.1) is 0 Å². The van der Waals surface area contributed by atoms with Crippen molar-refractivity contribution in [3.63, 3.8) is 0 Å². The van der Waals surface area contributed by atoms with Gasteiger partial charge in [-0.2, -0.15) is 0 Å². The quantitative estimate of drug-likeness (QED) is 0.749. The van der Waals surface area contributed by atoms with E-state index in [1.54, 1.807) is 7.05 Å². The summed E-state index contributed by atoms with van der Waals surface area (Å²) in [5.74, 6) is 0.928. The number of nitrogens with zero attached hydrogens (tertiary/aromatic N) is 2. The topological polar surface area (TPSA) is 57.3 Å². The van der Waals surface area contributed by atoms with Gasteiger partial charge < -0.3 is 15.5 Å². The van der Waals surface area contributed by atoms with Crippen LogP contribution in [0.25, 0.3) is 0 Å². The predicted molar refractivity (Wildman–Crippen MR) is 69.0 cm³/mol. The summed E-state index contributed by atoms with van der Waals surface area (Å²) in [5, 5.41) is 5.68. The molecule has 1 aromatic rings. The number of carbonyl (C=O) groups excluding carboxylic acids is 1. The number of aromatic nitrogens is 1. The van der Waals surface area contributed by atoms with E-state index in [1.165, 1.54) is 0 Å². The van der Waals surface area contributed by atoms with E-state index in [4.69, 9.17) is 0 Å². The van der Waals surface area contributed by atoms with Crippen molar-refractivity contribution in [1.29, 1.82) is 0 Å². The summed E-state index contributed by atoms with van der Waals surface area (Å²) in [4.78, 5) is 17.4. The molecule has 1 amide bonds.